The fourth-order valence-corrected chi connectivity index (χ4v) is 1.09. The third kappa shape index (κ3) is 2.02. The number of aryl methyl sites for hydroxylation is 1. The van der Waals surface area contributed by atoms with E-state index >= 15 is 0 Å². The Morgan fingerprint density at radius 3 is 2.92 bits per heavy atom. The number of aromatic hydroxyl groups is 1. The van der Waals surface area contributed by atoms with Crippen LogP contribution in [-0.4, -0.2) is 9.67 Å². The number of pyridine rings is 1. The summed E-state index contributed by atoms with van der Waals surface area (Å²) in [4.78, 5) is 11.4. The van der Waals surface area contributed by atoms with Crippen molar-refractivity contribution in [2.24, 2.45) is 0 Å². The molecule has 0 aliphatic heterocycles. The quantitative estimate of drug-likeness (QED) is 0.730. The first-order valence-corrected chi connectivity index (χ1v) is 4.34. The number of aromatic nitrogens is 1. The van der Waals surface area contributed by atoms with Crippen molar-refractivity contribution in [1.82, 2.24) is 4.57 Å². The maximum absolute atomic E-state index is 11.4. The molecule has 0 radical (unpaired) electrons. The van der Waals surface area contributed by atoms with Crippen LogP contribution in [0.3, 0.4) is 0 Å². The average molecular weight is 182 g/mol. The van der Waals surface area contributed by atoms with Gasteiger partial charge in [-0.25, -0.2) is 0 Å². The van der Waals surface area contributed by atoms with E-state index in [1.54, 1.807) is 6.20 Å². The zero-order valence-electron chi connectivity index (χ0n) is 7.66. The second kappa shape index (κ2) is 3.98. The number of hydrogen-bond donors (Lipinski definition) is 2. The molecule has 1 heterocycles. The van der Waals surface area contributed by atoms with E-state index < -0.39 is 0 Å². The van der Waals surface area contributed by atoms with Crippen molar-refractivity contribution < 1.29 is 5.11 Å². The van der Waals surface area contributed by atoms with Crippen molar-refractivity contribution in [2.75, 3.05) is 5.73 Å². The van der Waals surface area contributed by atoms with Crippen LogP contribution in [0.25, 0.3) is 0 Å². The maximum Gasteiger partial charge on any atom is 0.277 e. The van der Waals surface area contributed by atoms with Crippen LogP contribution in [0.1, 0.15) is 19.8 Å². The topological polar surface area (TPSA) is 68.2 Å². The van der Waals surface area contributed by atoms with Crippen molar-refractivity contribution in [3.63, 3.8) is 0 Å². The Labute approximate surface area is 76.6 Å². The number of nitrogens with two attached hydrogens (primary N) is 1. The minimum absolute atomic E-state index is 0.0707. The summed E-state index contributed by atoms with van der Waals surface area (Å²) in [5.74, 6) is -0.141. The van der Waals surface area contributed by atoms with Crippen LogP contribution in [0.2, 0.25) is 0 Å². The molecule has 72 valence electrons. The lowest BCUT2D eigenvalue weighted by atomic mass is 10.3. The summed E-state index contributed by atoms with van der Waals surface area (Å²) in [5.41, 5.74) is 4.99. The van der Waals surface area contributed by atoms with Crippen LogP contribution >= 0.6 is 0 Å². The van der Waals surface area contributed by atoms with Gasteiger partial charge in [-0.3, -0.25) is 4.79 Å². The normalized spacial score (nSPS) is 10.2. The molecule has 4 nitrogen and oxygen atoms in total. The highest BCUT2D eigenvalue weighted by atomic mass is 16.3. The van der Waals surface area contributed by atoms with E-state index in [0.717, 1.165) is 12.8 Å². The van der Waals surface area contributed by atoms with E-state index in [4.69, 9.17) is 10.8 Å². The molecule has 0 aromatic carbocycles. The van der Waals surface area contributed by atoms with E-state index in [1.165, 1.54) is 10.6 Å². The molecule has 0 fully saturated rings. The molecule has 1 rings (SSSR count). The molecule has 0 atom stereocenters. The predicted molar refractivity (Wildman–Crippen MR) is 51.7 cm³/mol. The minimum atomic E-state index is -0.312. The van der Waals surface area contributed by atoms with Crippen molar-refractivity contribution >= 4 is 5.69 Å². The highest BCUT2D eigenvalue weighted by Gasteiger charge is 2.03. The minimum Gasteiger partial charge on any atom is -0.506 e. The highest BCUT2D eigenvalue weighted by molar-refractivity contribution is 5.48. The van der Waals surface area contributed by atoms with Crippen molar-refractivity contribution in [3.05, 3.63) is 22.6 Å². The molecule has 1 aromatic rings. The van der Waals surface area contributed by atoms with Gasteiger partial charge in [-0.15, -0.1) is 0 Å². The summed E-state index contributed by atoms with van der Waals surface area (Å²) in [6.45, 7) is 2.70. The van der Waals surface area contributed by atoms with Crippen LogP contribution < -0.4 is 11.3 Å². The smallest absolute Gasteiger partial charge is 0.277 e. The number of unbranched alkanes of at least 4 members (excludes halogenated alkanes) is 1. The molecule has 0 aliphatic carbocycles. The van der Waals surface area contributed by atoms with Gasteiger partial charge in [-0.1, -0.05) is 13.3 Å². The van der Waals surface area contributed by atoms with Crippen LogP contribution in [0.15, 0.2) is 17.1 Å². The molecule has 0 saturated heterocycles. The summed E-state index contributed by atoms with van der Waals surface area (Å²) in [7, 11) is 0. The number of nitrogen functional groups attached to an aromatic ring is 1. The number of nitrogens with zero attached hydrogens (tertiary/aromatic N) is 1. The van der Waals surface area contributed by atoms with Crippen molar-refractivity contribution in [2.45, 2.75) is 26.3 Å². The third-order valence-corrected chi connectivity index (χ3v) is 1.93. The first-order chi connectivity index (χ1) is 6.16. The van der Waals surface area contributed by atoms with Gasteiger partial charge in [0.15, 0.2) is 0 Å². The Balaban J connectivity index is 2.97. The second-order valence-electron chi connectivity index (χ2n) is 2.97. The van der Waals surface area contributed by atoms with E-state index in [1.807, 2.05) is 0 Å². The van der Waals surface area contributed by atoms with Crippen LogP contribution in [0.4, 0.5) is 5.69 Å². The number of anilines is 1. The Morgan fingerprint density at radius 1 is 1.62 bits per heavy atom. The van der Waals surface area contributed by atoms with E-state index in [2.05, 4.69) is 6.92 Å². The molecule has 0 bridgehead atoms. The van der Waals surface area contributed by atoms with Gasteiger partial charge in [-0.05, 0) is 12.5 Å². The zero-order chi connectivity index (χ0) is 9.84. The first kappa shape index (κ1) is 9.64. The molecule has 0 saturated carbocycles. The zero-order valence-corrected chi connectivity index (χ0v) is 7.66. The van der Waals surface area contributed by atoms with Crippen LogP contribution in [0, 0.1) is 0 Å². The van der Waals surface area contributed by atoms with Gasteiger partial charge in [0, 0.05) is 12.7 Å². The molecular weight excluding hydrogens is 168 g/mol. The summed E-state index contributed by atoms with van der Waals surface area (Å²) in [5, 5.41) is 9.11. The Kier molecular flexibility index (Phi) is 2.95. The monoisotopic (exact) mass is 182 g/mol. The van der Waals surface area contributed by atoms with Gasteiger partial charge in [0.05, 0.1) is 0 Å². The lowest BCUT2D eigenvalue weighted by molar-refractivity contribution is 0.473. The maximum atomic E-state index is 11.4. The lowest BCUT2D eigenvalue weighted by Crippen LogP contribution is -2.22. The summed E-state index contributed by atoms with van der Waals surface area (Å²) < 4.78 is 1.51. The highest BCUT2D eigenvalue weighted by Crippen LogP contribution is 2.12. The van der Waals surface area contributed by atoms with Gasteiger partial charge >= 0.3 is 0 Å². The van der Waals surface area contributed by atoms with Gasteiger partial charge in [0.25, 0.3) is 5.56 Å². The first-order valence-electron chi connectivity index (χ1n) is 4.34. The predicted octanol–water partition coefficient (Wildman–Crippen LogP) is 0.936. The lowest BCUT2D eigenvalue weighted by Gasteiger charge is -2.05. The fraction of sp³-hybridized carbons (Fsp3) is 0.444. The van der Waals surface area contributed by atoms with Gasteiger partial charge < -0.3 is 15.4 Å². The SMILES string of the molecule is CCCCn1ccc(O)c(N)c1=O. The number of rotatable bonds is 3. The summed E-state index contributed by atoms with van der Waals surface area (Å²) >= 11 is 0. The van der Waals surface area contributed by atoms with Crippen molar-refractivity contribution in [1.29, 1.82) is 0 Å². The van der Waals surface area contributed by atoms with Crippen LogP contribution in [0.5, 0.6) is 5.75 Å². The van der Waals surface area contributed by atoms with Crippen molar-refractivity contribution in [3.8, 4) is 5.75 Å². The molecule has 3 N–H and O–H groups in total. The van der Waals surface area contributed by atoms with Gasteiger partial charge in [-0.2, -0.15) is 0 Å². The molecule has 0 amide bonds. The van der Waals surface area contributed by atoms with E-state index in [-0.39, 0.29) is 17.0 Å². The Bertz CT molecular complexity index is 344. The fourth-order valence-electron chi connectivity index (χ4n) is 1.09. The largest absolute Gasteiger partial charge is 0.506 e. The molecule has 0 spiro atoms. The summed E-state index contributed by atoms with van der Waals surface area (Å²) in [6, 6.07) is 1.44. The molecule has 0 unspecified atom stereocenters. The number of hydrogen-bond acceptors (Lipinski definition) is 3. The molecular formula is C9H14N2O2. The molecule has 4 heteroatoms. The molecule has 1 aromatic heterocycles. The van der Waals surface area contributed by atoms with E-state index in [0.29, 0.717) is 6.54 Å². The second-order valence-corrected chi connectivity index (χ2v) is 2.97. The average Bonchev–Trinajstić information content (AvgIpc) is 2.13. The summed E-state index contributed by atoms with van der Waals surface area (Å²) in [6.07, 6.45) is 3.51. The Morgan fingerprint density at radius 2 is 2.31 bits per heavy atom. The third-order valence-electron chi connectivity index (χ3n) is 1.93. The Hall–Kier alpha value is -1.45. The van der Waals surface area contributed by atoms with Gasteiger partial charge in [0.2, 0.25) is 0 Å². The van der Waals surface area contributed by atoms with Crippen LogP contribution in [-0.2, 0) is 6.54 Å². The molecule has 0 aliphatic rings. The van der Waals surface area contributed by atoms with E-state index in [9.17, 15) is 4.79 Å². The molecule has 13 heavy (non-hydrogen) atoms. The standard InChI is InChI=1S/C9H14N2O2/c1-2-3-5-11-6-4-7(12)8(10)9(11)13/h4,6,12H,2-3,5,10H2,1H3. The van der Waals surface area contributed by atoms with Gasteiger partial charge in [0.1, 0.15) is 11.4 Å².